The zero-order valence-corrected chi connectivity index (χ0v) is 11.3. The summed E-state index contributed by atoms with van der Waals surface area (Å²) in [6.45, 7) is 6.38. The van der Waals surface area contributed by atoms with Crippen LogP contribution in [0.3, 0.4) is 0 Å². The van der Waals surface area contributed by atoms with E-state index in [1.165, 1.54) is 0 Å². The van der Waals surface area contributed by atoms with E-state index in [1.54, 1.807) is 6.20 Å². The molecule has 0 aromatic carbocycles. The quantitative estimate of drug-likeness (QED) is 0.831. The lowest BCUT2D eigenvalue weighted by Crippen LogP contribution is -2.55. The fourth-order valence-electron chi connectivity index (χ4n) is 2.21. The molecule has 1 aliphatic heterocycles. The Labute approximate surface area is 107 Å². The fraction of sp³-hybridized carbons (Fsp3) is 0.583. The molecule has 2 rings (SSSR count). The van der Waals surface area contributed by atoms with Gasteiger partial charge in [0.1, 0.15) is 5.82 Å². The van der Waals surface area contributed by atoms with Gasteiger partial charge in [0.15, 0.2) is 0 Å². The molecule has 4 nitrogen and oxygen atoms in total. The lowest BCUT2D eigenvalue weighted by Gasteiger charge is -2.43. The normalized spacial score (nSPS) is 26.2. The monoisotopic (exact) mass is 254 g/mol. The molecule has 0 amide bonds. The van der Waals surface area contributed by atoms with Gasteiger partial charge in [-0.15, -0.1) is 0 Å². The van der Waals surface area contributed by atoms with Crippen LogP contribution in [0.2, 0.25) is 5.02 Å². The lowest BCUT2D eigenvalue weighted by molar-refractivity contribution is 0.169. The molecule has 0 radical (unpaired) electrons. The van der Waals surface area contributed by atoms with E-state index in [0.717, 1.165) is 18.9 Å². The molecular formula is C12H19ClN4. The molecule has 1 fully saturated rings. The Bertz CT molecular complexity index is 397. The molecule has 0 spiro atoms. The van der Waals surface area contributed by atoms with Crippen molar-refractivity contribution in [2.45, 2.75) is 25.9 Å². The average Bonchev–Trinajstić information content (AvgIpc) is 2.29. The number of nitrogen functional groups attached to an aromatic ring is 1. The molecule has 17 heavy (non-hydrogen) atoms. The van der Waals surface area contributed by atoms with E-state index in [9.17, 15) is 0 Å². The van der Waals surface area contributed by atoms with Gasteiger partial charge in [-0.3, -0.25) is 4.90 Å². The van der Waals surface area contributed by atoms with Crippen molar-refractivity contribution >= 4 is 23.1 Å². The number of likely N-dealkylation sites (N-methyl/N-ethyl adjacent to an activating group) is 1. The Morgan fingerprint density at radius 2 is 1.94 bits per heavy atom. The van der Waals surface area contributed by atoms with E-state index in [4.69, 9.17) is 17.3 Å². The van der Waals surface area contributed by atoms with Crippen molar-refractivity contribution in [3.63, 3.8) is 0 Å². The third kappa shape index (κ3) is 2.48. The molecule has 1 aromatic heterocycles. The van der Waals surface area contributed by atoms with Gasteiger partial charge in [0, 0.05) is 37.4 Å². The first-order valence-electron chi connectivity index (χ1n) is 5.87. The Hall–Kier alpha value is -1.00. The SMILES string of the molecule is C[C@@H]1CN(c2cc(N)c(Cl)cn2)C[C@H](C)N1C. The van der Waals surface area contributed by atoms with Crippen molar-refractivity contribution in [2.75, 3.05) is 30.8 Å². The number of hydrogen-bond donors (Lipinski definition) is 1. The molecule has 1 aromatic rings. The summed E-state index contributed by atoms with van der Waals surface area (Å²) >= 11 is 5.89. The van der Waals surface area contributed by atoms with Crippen LogP contribution in [0.5, 0.6) is 0 Å². The first kappa shape index (κ1) is 12.5. The van der Waals surface area contributed by atoms with Gasteiger partial charge in [0.2, 0.25) is 0 Å². The van der Waals surface area contributed by atoms with Crippen LogP contribution in [0.15, 0.2) is 12.3 Å². The van der Waals surface area contributed by atoms with Crippen molar-refractivity contribution in [3.8, 4) is 0 Å². The van der Waals surface area contributed by atoms with Gasteiger partial charge < -0.3 is 10.6 Å². The second-order valence-corrected chi connectivity index (χ2v) is 5.24. The van der Waals surface area contributed by atoms with E-state index < -0.39 is 0 Å². The molecule has 2 N–H and O–H groups in total. The van der Waals surface area contributed by atoms with Gasteiger partial charge in [0.25, 0.3) is 0 Å². The molecule has 0 unspecified atom stereocenters. The predicted octanol–water partition coefficient (Wildman–Crippen LogP) is 1.85. The molecule has 94 valence electrons. The minimum atomic E-state index is 0.512. The van der Waals surface area contributed by atoms with Crippen LogP contribution in [0.25, 0.3) is 0 Å². The van der Waals surface area contributed by atoms with E-state index in [1.807, 2.05) is 6.07 Å². The highest BCUT2D eigenvalue weighted by atomic mass is 35.5. The lowest BCUT2D eigenvalue weighted by atomic mass is 10.1. The molecule has 5 heteroatoms. The van der Waals surface area contributed by atoms with Crippen molar-refractivity contribution < 1.29 is 0 Å². The number of anilines is 2. The van der Waals surface area contributed by atoms with Crippen LogP contribution in [0, 0.1) is 0 Å². The Kier molecular flexibility index (Phi) is 3.45. The molecule has 0 saturated carbocycles. The van der Waals surface area contributed by atoms with Crippen LogP contribution in [-0.4, -0.2) is 42.1 Å². The second kappa shape index (κ2) is 4.70. The zero-order chi connectivity index (χ0) is 12.6. The number of nitrogens with two attached hydrogens (primary N) is 1. The van der Waals surface area contributed by atoms with Gasteiger partial charge >= 0.3 is 0 Å². The van der Waals surface area contributed by atoms with Crippen LogP contribution in [0.4, 0.5) is 11.5 Å². The molecule has 2 atom stereocenters. The van der Waals surface area contributed by atoms with Crippen LogP contribution in [0.1, 0.15) is 13.8 Å². The smallest absolute Gasteiger partial charge is 0.130 e. The molecular weight excluding hydrogens is 236 g/mol. The number of halogens is 1. The first-order valence-corrected chi connectivity index (χ1v) is 6.24. The number of rotatable bonds is 1. The summed E-state index contributed by atoms with van der Waals surface area (Å²) < 4.78 is 0. The number of pyridine rings is 1. The number of aromatic nitrogens is 1. The summed E-state index contributed by atoms with van der Waals surface area (Å²) in [6.07, 6.45) is 1.62. The van der Waals surface area contributed by atoms with Crippen LogP contribution in [-0.2, 0) is 0 Å². The summed E-state index contributed by atoms with van der Waals surface area (Å²) in [4.78, 5) is 9.00. The second-order valence-electron chi connectivity index (χ2n) is 4.83. The fourth-order valence-corrected chi connectivity index (χ4v) is 2.31. The summed E-state index contributed by atoms with van der Waals surface area (Å²) in [5, 5.41) is 0.518. The zero-order valence-electron chi connectivity index (χ0n) is 10.5. The van der Waals surface area contributed by atoms with Gasteiger partial charge in [-0.1, -0.05) is 11.6 Å². The maximum absolute atomic E-state index is 5.89. The van der Waals surface area contributed by atoms with Crippen molar-refractivity contribution in [2.24, 2.45) is 0 Å². The minimum absolute atomic E-state index is 0.512. The predicted molar refractivity (Wildman–Crippen MR) is 72.6 cm³/mol. The van der Waals surface area contributed by atoms with Crippen LogP contribution < -0.4 is 10.6 Å². The van der Waals surface area contributed by atoms with Gasteiger partial charge in [-0.25, -0.2) is 4.98 Å². The molecule has 2 heterocycles. The van der Waals surface area contributed by atoms with Gasteiger partial charge in [-0.2, -0.15) is 0 Å². The van der Waals surface area contributed by atoms with E-state index >= 15 is 0 Å². The van der Waals surface area contributed by atoms with Crippen molar-refractivity contribution in [3.05, 3.63) is 17.3 Å². The Morgan fingerprint density at radius 3 is 2.47 bits per heavy atom. The third-order valence-electron chi connectivity index (χ3n) is 3.55. The molecule has 1 aliphatic rings. The maximum atomic E-state index is 5.89. The Balaban J connectivity index is 2.20. The van der Waals surface area contributed by atoms with Crippen LogP contribution >= 0.6 is 11.6 Å². The average molecular weight is 255 g/mol. The maximum Gasteiger partial charge on any atom is 0.130 e. The summed E-state index contributed by atoms with van der Waals surface area (Å²) in [7, 11) is 2.16. The van der Waals surface area contributed by atoms with Crippen molar-refractivity contribution in [1.82, 2.24) is 9.88 Å². The summed E-state index contributed by atoms with van der Waals surface area (Å²) in [6, 6.07) is 2.88. The molecule has 0 aliphatic carbocycles. The van der Waals surface area contributed by atoms with Crippen molar-refractivity contribution in [1.29, 1.82) is 0 Å². The summed E-state index contributed by atoms with van der Waals surface area (Å²) in [5.41, 5.74) is 6.41. The standard InChI is InChI=1S/C12H19ClN4/c1-8-6-17(7-9(2)16(8)3)12-4-11(14)10(13)5-15-12/h4-5,8-9H,6-7H2,1-3H3,(H2,14,15)/t8-,9+. The van der Waals surface area contributed by atoms with Gasteiger partial charge in [0.05, 0.1) is 10.7 Å². The molecule has 1 saturated heterocycles. The number of nitrogens with zero attached hydrogens (tertiary/aromatic N) is 3. The summed E-state index contributed by atoms with van der Waals surface area (Å²) in [5.74, 6) is 0.915. The largest absolute Gasteiger partial charge is 0.397 e. The minimum Gasteiger partial charge on any atom is -0.397 e. The van der Waals surface area contributed by atoms with Gasteiger partial charge in [-0.05, 0) is 20.9 Å². The molecule has 0 bridgehead atoms. The first-order chi connectivity index (χ1) is 7.99. The number of hydrogen-bond acceptors (Lipinski definition) is 4. The highest BCUT2D eigenvalue weighted by molar-refractivity contribution is 6.32. The number of piperazine rings is 1. The van der Waals surface area contributed by atoms with E-state index in [-0.39, 0.29) is 0 Å². The topological polar surface area (TPSA) is 45.4 Å². The Morgan fingerprint density at radius 1 is 1.35 bits per heavy atom. The highest BCUT2D eigenvalue weighted by Gasteiger charge is 2.27. The third-order valence-corrected chi connectivity index (χ3v) is 3.87. The van der Waals surface area contributed by atoms with E-state index in [0.29, 0.717) is 22.8 Å². The highest BCUT2D eigenvalue weighted by Crippen LogP contribution is 2.25. The van der Waals surface area contributed by atoms with E-state index in [2.05, 4.69) is 35.7 Å².